The van der Waals surface area contributed by atoms with Crippen LogP contribution in [0.1, 0.15) is 20.8 Å². The quantitative estimate of drug-likeness (QED) is 0.304. The number of hydrogen-bond acceptors (Lipinski definition) is 2. The molecule has 0 aliphatic rings. The highest BCUT2D eigenvalue weighted by Crippen LogP contribution is 1.90. The molecular weight excluding hydrogens is 102 g/mol. The Bertz CT molecular complexity index is 112. The van der Waals surface area contributed by atoms with E-state index in [1.807, 2.05) is 13.8 Å². The van der Waals surface area contributed by atoms with Gasteiger partial charge in [0.1, 0.15) is 5.76 Å². The van der Waals surface area contributed by atoms with Crippen molar-refractivity contribution >= 4 is 5.71 Å². The van der Waals surface area contributed by atoms with Crippen LogP contribution in [0.15, 0.2) is 17.5 Å². The summed E-state index contributed by atoms with van der Waals surface area (Å²) in [6.07, 6.45) is 0. The molecule has 0 fully saturated rings. The van der Waals surface area contributed by atoms with Gasteiger partial charge in [0, 0.05) is 0 Å². The second-order valence-electron chi connectivity index (χ2n) is 1.83. The van der Waals surface area contributed by atoms with Crippen molar-refractivity contribution in [2.45, 2.75) is 20.8 Å². The molecule has 0 aliphatic heterocycles. The summed E-state index contributed by atoms with van der Waals surface area (Å²) >= 11 is 0. The lowest BCUT2D eigenvalue weighted by molar-refractivity contribution is 0.231. The molecule has 0 unspecified atom stereocenters. The lowest BCUT2D eigenvalue weighted by atomic mass is 10.5. The predicted octanol–water partition coefficient (Wildman–Crippen LogP) is 1.93. The summed E-state index contributed by atoms with van der Waals surface area (Å²) in [5.74, 6) is 0.617. The van der Waals surface area contributed by atoms with E-state index in [9.17, 15) is 0 Å². The summed E-state index contributed by atoms with van der Waals surface area (Å²) < 4.78 is 0. The Labute approximate surface area is 49.8 Å². The van der Waals surface area contributed by atoms with Gasteiger partial charge in [0.15, 0.2) is 0 Å². The van der Waals surface area contributed by atoms with Crippen LogP contribution in [0, 0.1) is 0 Å². The van der Waals surface area contributed by atoms with Crippen LogP contribution in [0.4, 0.5) is 0 Å². The fourth-order valence-electron chi connectivity index (χ4n) is 0.169. The summed E-state index contributed by atoms with van der Waals surface area (Å²) in [5.41, 5.74) is 0.896. The Morgan fingerprint density at radius 3 is 2.00 bits per heavy atom. The number of oxime groups is 1. The largest absolute Gasteiger partial charge is 0.363 e. The predicted molar refractivity (Wildman–Crippen MR) is 34.7 cm³/mol. The Balaban J connectivity index is 3.45. The van der Waals surface area contributed by atoms with E-state index >= 15 is 0 Å². The van der Waals surface area contributed by atoms with Gasteiger partial charge < -0.3 is 4.84 Å². The van der Waals surface area contributed by atoms with E-state index in [-0.39, 0.29) is 0 Å². The van der Waals surface area contributed by atoms with Crippen molar-refractivity contribution < 1.29 is 4.84 Å². The van der Waals surface area contributed by atoms with Crippen LogP contribution in [0.25, 0.3) is 0 Å². The molecule has 0 aromatic carbocycles. The molecule has 0 rings (SSSR count). The van der Waals surface area contributed by atoms with E-state index < -0.39 is 0 Å². The van der Waals surface area contributed by atoms with Crippen molar-refractivity contribution in [1.82, 2.24) is 0 Å². The van der Waals surface area contributed by atoms with Gasteiger partial charge in [-0.3, -0.25) is 0 Å². The van der Waals surface area contributed by atoms with Crippen LogP contribution in [0.3, 0.4) is 0 Å². The standard InChI is InChI=1S/C6H11NO/c1-5(2)7-8-6(3)4/h3H2,1-2,4H3. The maximum Gasteiger partial charge on any atom is 0.124 e. The average molecular weight is 113 g/mol. The minimum absolute atomic E-state index is 0.617. The van der Waals surface area contributed by atoms with Gasteiger partial charge in [0.2, 0.25) is 0 Å². The number of hydrogen-bond donors (Lipinski definition) is 0. The Kier molecular flexibility index (Phi) is 2.92. The second-order valence-corrected chi connectivity index (χ2v) is 1.83. The van der Waals surface area contributed by atoms with Crippen molar-refractivity contribution in [3.63, 3.8) is 0 Å². The first-order valence-corrected chi connectivity index (χ1v) is 2.46. The van der Waals surface area contributed by atoms with E-state index in [1.165, 1.54) is 0 Å². The van der Waals surface area contributed by atoms with E-state index in [4.69, 9.17) is 4.84 Å². The highest BCUT2D eigenvalue weighted by atomic mass is 16.6. The van der Waals surface area contributed by atoms with Crippen LogP contribution < -0.4 is 0 Å². The molecule has 0 atom stereocenters. The van der Waals surface area contributed by atoms with Crippen molar-refractivity contribution in [3.8, 4) is 0 Å². The van der Waals surface area contributed by atoms with Crippen LogP contribution in [-0.2, 0) is 4.84 Å². The zero-order valence-corrected chi connectivity index (χ0v) is 5.56. The highest BCUT2D eigenvalue weighted by molar-refractivity contribution is 5.78. The minimum Gasteiger partial charge on any atom is -0.363 e. The molecule has 0 saturated carbocycles. The maximum absolute atomic E-state index is 4.70. The first-order chi connectivity index (χ1) is 3.63. The topological polar surface area (TPSA) is 21.6 Å². The first kappa shape index (κ1) is 7.21. The Morgan fingerprint density at radius 1 is 1.38 bits per heavy atom. The van der Waals surface area contributed by atoms with Gasteiger partial charge in [0.05, 0.1) is 5.71 Å². The zero-order chi connectivity index (χ0) is 6.57. The molecular formula is C6H11NO. The van der Waals surface area contributed by atoms with Crippen LogP contribution >= 0.6 is 0 Å². The normalized spacial score (nSPS) is 7.88. The zero-order valence-electron chi connectivity index (χ0n) is 5.56. The second kappa shape index (κ2) is 3.24. The third kappa shape index (κ3) is 5.21. The molecule has 0 radical (unpaired) electrons. The van der Waals surface area contributed by atoms with Crippen molar-refractivity contribution in [2.75, 3.05) is 0 Å². The molecule has 0 spiro atoms. The van der Waals surface area contributed by atoms with Gasteiger partial charge in [-0.25, -0.2) is 0 Å². The Hall–Kier alpha value is -0.790. The van der Waals surface area contributed by atoms with Gasteiger partial charge in [-0.2, -0.15) is 0 Å². The summed E-state index contributed by atoms with van der Waals surface area (Å²) in [4.78, 5) is 4.70. The van der Waals surface area contributed by atoms with Crippen molar-refractivity contribution in [1.29, 1.82) is 0 Å². The molecule has 0 amide bonds. The molecule has 0 N–H and O–H groups in total. The highest BCUT2D eigenvalue weighted by Gasteiger charge is 1.79. The first-order valence-electron chi connectivity index (χ1n) is 2.46. The smallest absolute Gasteiger partial charge is 0.124 e. The summed E-state index contributed by atoms with van der Waals surface area (Å²) in [6, 6.07) is 0. The lowest BCUT2D eigenvalue weighted by Crippen LogP contribution is -1.82. The number of nitrogens with zero attached hydrogens (tertiary/aromatic N) is 1. The number of rotatable bonds is 2. The number of allylic oxidation sites excluding steroid dienone is 1. The van der Waals surface area contributed by atoms with Crippen molar-refractivity contribution in [2.24, 2.45) is 5.16 Å². The van der Waals surface area contributed by atoms with E-state index in [2.05, 4.69) is 11.7 Å². The summed E-state index contributed by atoms with van der Waals surface area (Å²) in [7, 11) is 0. The van der Waals surface area contributed by atoms with Gasteiger partial charge in [0.25, 0.3) is 0 Å². The molecule has 0 aromatic heterocycles. The third-order valence-electron chi connectivity index (χ3n) is 0.384. The fraction of sp³-hybridized carbons (Fsp3) is 0.500. The molecule has 46 valence electrons. The molecule has 0 aliphatic carbocycles. The Morgan fingerprint density at radius 2 is 1.88 bits per heavy atom. The molecule has 2 nitrogen and oxygen atoms in total. The van der Waals surface area contributed by atoms with Crippen LogP contribution in [0.2, 0.25) is 0 Å². The van der Waals surface area contributed by atoms with E-state index in [0.29, 0.717) is 5.76 Å². The van der Waals surface area contributed by atoms with Gasteiger partial charge >= 0.3 is 0 Å². The average Bonchev–Trinajstić information content (AvgIpc) is 1.61. The molecule has 2 heteroatoms. The summed E-state index contributed by atoms with van der Waals surface area (Å²) in [5, 5.41) is 3.64. The van der Waals surface area contributed by atoms with Crippen LogP contribution in [0.5, 0.6) is 0 Å². The molecule has 0 heterocycles. The monoisotopic (exact) mass is 113 g/mol. The minimum atomic E-state index is 0.617. The van der Waals surface area contributed by atoms with E-state index in [1.54, 1.807) is 6.92 Å². The van der Waals surface area contributed by atoms with Gasteiger partial charge in [-0.15, -0.1) is 0 Å². The van der Waals surface area contributed by atoms with Gasteiger partial charge in [-0.05, 0) is 20.8 Å². The SMILES string of the molecule is C=C(C)ON=C(C)C. The third-order valence-corrected chi connectivity index (χ3v) is 0.384. The molecule has 0 saturated heterocycles. The lowest BCUT2D eigenvalue weighted by Gasteiger charge is -1.93. The van der Waals surface area contributed by atoms with Crippen molar-refractivity contribution in [3.05, 3.63) is 12.3 Å². The van der Waals surface area contributed by atoms with E-state index in [0.717, 1.165) is 5.71 Å². The fourth-order valence-corrected chi connectivity index (χ4v) is 0.169. The molecule has 0 aromatic rings. The van der Waals surface area contributed by atoms with Gasteiger partial charge in [-0.1, -0.05) is 11.7 Å². The maximum atomic E-state index is 4.70. The van der Waals surface area contributed by atoms with Crippen LogP contribution in [-0.4, -0.2) is 5.71 Å². The molecule has 0 bridgehead atoms. The summed E-state index contributed by atoms with van der Waals surface area (Å²) in [6.45, 7) is 8.98. The molecule has 8 heavy (non-hydrogen) atoms.